The molecule has 0 bridgehead atoms. The van der Waals surface area contributed by atoms with Crippen molar-refractivity contribution in [3.8, 4) is 0 Å². The number of anilines is 1. The van der Waals surface area contributed by atoms with Crippen molar-refractivity contribution in [2.75, 3.05) is 25.4 Å². The number of piperazine rings is 1. The molecule has 4 aromatic rings. The van der Waals surface area contributed by atoms with Gasteiger partial charge in [0, 0.05) is 19.5 Å². The highest BCUT2D eigenvalue weighted by atomic mass is 32.1. The van der Waals surface area contributed by atoms with E-state index in [9.17, 15) is 18.8 Å². The average molecular weight is 670 g/mol. The quantitative estimate of drug-likeness (QED) is 0.211. The topological polar surface area (TPSA) is 115 Å². The Balaban J connectivity index is 1.31. The summed E-state index contributed by atoms with van der Waals surface area (Å²) in [5.74, 6) is -0.343. The first-order valence-corrected chi connectivity index (χ1v) is 17.0. The number of para-hydroxylation sites is 1. The van der Waals surface area contributed by atoms with Gasteiger partial charge in [-0.2, -0.15) is 5.01 Å². The summed E-state index contributed by atoms with van der Waals surface area (Å²) in [5, 5.41) is 6.53. The lowest BCUT2D eigenvalue weighted by atomic mass is 9.95. The van der Waals surface area contributed by atoms with Crippen molar-refractivity contribution in [2.24, 2.45) is 0 Å². The van der Waals surface area contributed by atoms with Gasteiger partial charge in [0.1, 0.15) is 18.0 Å². The first-order chi connectivity index (χ1) is 23.2. The summed E-state index contributed by atoms with van der Waals surface area (Å²) in [4.78, 5) is 49.7. The monoisotopic (exact) mass is 669 g/mol. The summed E-state index contributed by atoms with van der Waals surface area (Å²) in [7, 11) is 0. The van der Waals surface area contributed by atoms with Crippen LogP contribution < -0.4 is 11.1 Å². The van der Waals surface area contributed by atoms with Gasteiger partial charge in [-0.05, 0) is 52.8 Å². The fraction of sp³-hybridized carbons (Fsp3) is 0.333. The van der Waals surface area contributed by atoms with Gasteiger partial charge in [-0.15, -0.1) is 6.58 Å². The van der Waals surface area contributed by atoms with Crippen molar-refractivity contribution >= 4 is 44.5 Å². The maximum atomic E-state index is 14.3. The molecule has 0 spiro atoms. The molecule has 0 saturated carbocycles. The van der Waals surface area contributed by atoms with Crippen LogP contribution >= 0.6 is 11.3 Å². The highest BCUT2D eigenvalue weighted by molar-refractivity contribution is 7.22. The van der Waals surface area contributed by atoms with Gasteiger partial charge in [-0.1, -0.05) is 79.8 Å². The molecule has 0 aliphatic carbocycles. The number of hydrogen-bond donors (Lipinski definition) is 2. The van der Waals surface area contributed by atoms with E-state index < -0.39 is 18.2 Å². The number of fused-ring (bicyclic) bond motifs is 2. The molecule has 6 rings (SSSR count). The van der Waals surface area contributed by atoms with Gasteiger partial charge in [-0.25, -0.2) is 14.2 Å². The zero-order valence-electron chi connectivity index (χ0n) is 27.1. The van der Waals surface area contributed by atoms with Crippen LogP contribution in [0.5, 0.6) is 0 Å². The van der Waals surface area contributed by atoms with E-state index in [1.165, 1.54) is 34.0 Å². The second-order valence-electron chi connectivity index (χ2n) is 12.3. The van der Waals surface area contributed by atoms with E-state index in [1.807, 2.05) is 30.3 Å². The lowest BCUT2D eigenvalue weighted by molar-refractivity contribution is -0.157. The van der Waals surface area contributed by atoms with Gasteiger partial charge in [0.15, 0.2) is 5.13 Å². The number of carbonyl (C=O) groups excluding carboxylic acids is 3. The SMILES string of the molecule is C=CCN(C(=O)NCc1ccc(F)cc1)N1CC(=O)N2[C@@H](Cc3ccc(C(C)CC)cc3)C(=O)N(Cc3cccc4sc(N)nc34)C[C@@H]21. The Morgan fingerprint density at radius 3 is 2.58 bits per heavy atom. The molecule has 12 heteroatoms. The average Bonchev–Trinajstić information content (AvgIpc) is 3.63. The van der Waals surface area contributed by atoms with Crippen molar-refractivity contribution in [3.63, 3.8) is 0 Å². The fourth-order valence-electron chi connectivity index (χ4n) is 6.49. The van der Waals surface area contributed by atoms with Crippen molar-refractivity contribution in [3.05, 3.63) is 107 Å². The number of amides is 4. The van der Waals surface area contributed by atoms with Gasteiger partial charge >= 0.3 is 6.03 Å². The van der Waals surface area contributed by atoms with Crippen molar-refractivity contribution in [2.45, 2.75) is 57.9 Å². The van der Waals surface area contributed by atoms with Crippen molar-refractivity contribution in [1.29, 1.82) is 0 Å². The number of nitrogens with zero attached hydrogens (tertiary/aromatic N) is 5. The lowest BCUT2D eigenvalue weighted by Crippen LogP contribution is -2.66. The van der Waals surface area contributed by atoms with Gasteiger partial charge in [0.05, 0.1) is 29.9 Å². The van der Waals surface area contributed by atoms with Gasteiger partial charge in [-0.3, -0.25) is 14.6 Å². The molecule has 4 amide bonds. The minimum absolute atomic E-state index is 0.0781. The number of nitrogen functional groups attached to an aromatic ring is 1. The van der Waals surface area contributed by atoms with Crippen LogP contribution in [0.3, 0.4) is 0 Å². The number of nitrogens with two attached hydrogens (primary N) is 1. The van der Waals surface area contributed by atoms with Gasteiger partial charge < -0.3 is 20.9 Å². The molecule has 2 aliphatic rings. The Bertz CT molecular complexity index is 1810. The molecular formula is C36H40FN7O3S. The molecule has 1 aromatic heterocycles. The molecule has 2 saturated heterocycles. The molecule has 3 atom stereocenters. The third-order valence-electron chi connectivity index (χ3n) is 9.24. The van der Waals surface area contributed by atoms with Crippen LogP contribution in [-0.4, -0.2) is 74.5 Å². The number of aromatic nitrogens is 1. The molecule has 3 N–H and O–H groups in total. The van der Waals surface area contributed by atoms with E-state index in [0.717, 1.165) is 33.3 Å². The Morgan fingerprint density at radius 1 is 1.15 bits per heavy atom. The van der Waals surface area contributed by atoms with Crippen molar-refractivity contribution < 1.29 is 18.8 Å². The number of benzene rings is 3. The Kier molecular flexibility index (Phi) is 9.74. The van der Waals surface area contributed by atoms with Crippen LogP contribution in [0.2, 0.25) is 0 Å². The summed E-state index contributed by atoms with van der Waals surface area (Å²) >= 11 is 1.39. The van der Waals surface area contributed by atoms with Crippen LogP contribution in [-0.2, 0) is 29.1 Å². The lowest BCUT2D eigenvalue weighted by Gasteiger charge is -2.46. The number of thiazole rings is 1. The highest BCUT2D eigenvalue weighted by Gasteiger charge is 2.52. The number of carbonyl (C=O) groups is 3. The third-order valence-corrected chi connectivity index (χ3v) is 10.1. The van der Waals surface area contributed by atoms with E-state index in [2.05, 4.69) is 42.9 Å². The second-order valence-corrected chi connectivity index (χ2v) is 13.4. The fourth-order valence-corrected chi connectivity index (χ4v) is 7.27. The van der Waals surface area contributed by atoms with E-state index >= 15 is 0 Å². The predicted molar refractivity (Wildman–Crippen MR) is 185 cm³/mol. The summed E-state index contributed by atoms with van der Waals surface area (Å²) in [6, 6.07) is 18.8. The van der Waals surface area contributed by atoms with Crippen LogP contribution in [0.25, 0.3) is 10.2 Å². The normalized spacial score (nSPS) is 18.6. The van der Waals surface area contributed by atoms with E-state index in [0.29, 0.717) is 17.5 Å². The van der Waals surface area contributed by atoms with E-state index in [-0.39, 0.29) is 50.4 Å². The number of hydrazine groups is 1. The summed E-state index contributed by atoms with van der Waals surface area (Å²) < 4.78 is 14.4. The minimum Gasteiger partial charge on any atom is -0.375 e. The number of rotatable bonds is 11. The zero-order chi connectivity index (χ0) is 33.9. The maximum absolute atomic E-state index is 14.3. The number of halogens is 1. The van der Waals surface area contributed by atoms with Gasteiger partial charge in [0.2, 0.25) is 11.8 Å². The Hall–Kier alpha value is -4.81. The molecule has 2 aliphatic heterocycles. The van der Waals surface area contributed by atoms with E-state index in [4.69, 9.17) is 5.73 Å². The Labute approximate surface area is 283 Å². The summed E-state index contributed by atoms with van der Waals surface area (Å²) in [6.07, 6.45) is 2.35. The molecule has 0 radical (unpaired) electrons. The molecule has 1 unspecified atom stereocenters. The Morgan fingerprint density at radius 2 is 1.88 bits per heavy atom. The van der Waals surface area contributed by atoms with Gasteiger partial charge in [0.25, 0.3) is 0 Å². The van der Waals surface area contributed by atoms with E-state index in [1.54, 1.807) is 33.0 Å². The molecule has 10 nitrogen and oxygen atoms in total. The standard InChI is InChI=1S/C36H40FN7O3S/c1-4-17-42(36(47)39-19-25-11-15-28(37)16-12-25)43-22-32(45)44-29(18-24-9-13-26(14-10-24)23(3)5-2)34(46)41(21-31(43)44)20-27-7-6-8-30-33(27)40-35(38)48-30/h4,6-16,23,29,31H,1,5,17-22H2,2-3H3,(H2,38,40)(H,39,47)/t23?,29-,31+/m0/s1. The molecule has 2 fully saturated rings. The first kappa shape index (κ1) is 33.1. The van der Waals surface area contributed by atoms with Crippen LogP contribution in [0.15, 0.2) is 79.4 Å². The summed E-state index contributed by atoms with van der Waals surface area (Å²) in [5.41, 5.74) is 10.5. The number of urea groups is 1. The van der Waals surface area contributed by atoms with Crippen LogP contribution in [0.4, 0.5) is 14.3 Å². The minimum atomic E-state index is -0.775. The smallest absolute Gasteiger partial charge is 0.332 e. The number of nitrogens with one attached hydrogen (secondary N) is 1. The molecule has 3 heterocycles. The molecular weight excluding hydrogens is 630 g/mol. The van der Waals surface area contributed by atoms with Crippen LogP contribution in [0, 0.1) is 5.82 Å². The number of hydrogen-bond acceptors (Lipinski definition) is 7. The second kappa shape index (κ2) is 14.1. The molecule has 3 aromatic carbocycles. The molecule has 250 valence electrons. The largest absolute Gasteiger partial charge is 0.375 e. The maximum Gasteiger partial charge on any atom is 0.332 e. The zero-order valence-corrected chi connectivity index (χ0v) is 28.0. The first-order valence-electron chi connectivity index (χ1n) is 16.2. The third kappa shape index (κ3) is 6.76. The highest BCUT2D eigenvalue weighted by Crippen LogP contribution is 2.33. The van der Waals surface area contributed by atoms with Crippen LogP contribution in [0.1, 0.15) is 48.4 Å². The summed E-state index contributed by atoms with van der Waals surface area (Å²) in [6.45, 7) is 8.86. The molecule has 48 heavy (non-hydrogen) atoms. The predicted octanol–water partition coefficient (Wildman–Crippen LogP) is 5.27. The van der Waals surface area contributed by atoms with Crippen molar-refractivity contribution in [1.82, 2.24) is 30.1 Å².